The van der Waals surface area contributed by atoms with Crippen LogP contribution in [0.1, 0.15) is 27.4 Å². The molecule has 2 aromatic rings. The SMILES string of the molecule is COc1ccc2c(c1)C(=O)N(CC1(c3ccc(C)o3)NC(=O)NC1=O)C2. The van der Waals surface area contributed by atoms with Gasteiger partial charge in [0.15, 0.2) is 5.54 Å². The molecule has 4 rings (SSSR count). The van der Waals surface area contributed by atoms with Gasteiger partial charge in [0.1, 0.15) is 17.3 Å². The van der Waals surface area contributed by atoms with E-state index in [2.05, 4.69) is 10.6 Å². The van der Waals surface area contributed by atoms with Gasteiger partial charge in [-0.05, 0) is 36.8 Å². The predicted octanol–water partition coefficient (Wildman–Crippen LogP) is 1.29. The summed E-state index contributed by atoms with van der Waals surface area (Å²) >= 11 is 0. The molecule has 0 bridgehead atoms. The molecule has 3 heterocycles. The number of ether oxygens (including phenoxy) is 1. The lowest BCUT2D eigenvalue weighted by atomic mass is 9.95. The van der Waals surface area contributed by atoms with Crippen LogP contribution in [0.5, 0.6) is 5.75 Å². The number of benzene rings is 1. The first-order valence-corrected chi connectivity index (χ1v) is 8.09. The Balaban J connectivity index is 1.69. The number of methoxy groups -OCH3 is 1. The number of rotatable bonds is 4. The Bertz CT molecular complexity index is 935. The topological polar surface area (TPSA) is 101 Å². The molecule has 8 heteroatoms. The lowest BCUT2D eigenvalue weighted by Gasteiger charge is -2.29. The second-order valence-electron chi connectivity index (χ2n) is 6.41. The molecule has 1 saturated heterocycles. The smallest absolute Gasteiger partial charge is 0.322 e. The van der Waals surface area contributed by atoms with Gasteiger partial charge in [-0.25, -0.2) is 4.79 Å². The Kier molecular flexibility index (Phi) is 3.50. The molecule has 1 aromatic heterocycles. The second-order valence-corrected chi connectivity index (χ2v) is 6.41. The van der Waals surface area contributed by atoms with Crippen LogP contribution in [-0.4, -0.2) is 36.4 Å². The van der Waals surface area contributed by atoms with Crippen molar-refractivity contribution in [2.75, 3.05) is 13.7 Å². The highest BCUT2D eigenvalue weighted by Crippen LogP contribution is 2.33. The fourth-order valence-corrected chi connectivity index (χ4v) is 3.40. The molecule has 26 heavy (non-hydrogen) atoms. The Labute approximate surface area is 149 Å². The summed E-state index contributed by atoms with van der Waals surface area (Å²) in [6, 6.07) is 8.01. The third-order valence-electron chi connectivity index (χ3n) is 4.73. The summed E-state index contributed by atoms with van der Waals surface area (Å²) in [5.74, 6) is 0.713. The molecule has 1 fully saturated rings. The summed E-state index contributed by atoms with van der Waals surface area (Å²) in [7, 11) is 1.53. The van der Waals surface area contributed by atoms with Crippen molar-refractivity contribution in [1.82, 2.24) is 15.5 Å². The van der Waals surface area contributed by atoms with Crippen LogP contribution in [0.4, 0.5) is 4.79 Å². The van der Waals surface area contributed by atoms with Crippen molar-refractivity contribution >= 4 is 17.8 Å². The fraction of sp³-hybridized carbons (Fsp3) is 0.278. The number of hydrogen-bond acceptors (Lipinski definition) is 5. The van der Waals surface area contributed by atoms with Gasteiger partial charge in [0.25, 0.3) is 11.8 Å². The van der Waals surface area contributed by atoms with E-state index in [1.54, 1.807) is 31.2 Å². The number of nitrogens with one attached hydrogen (secondary N) is 2. The lowest BCUT2D eigenvalue weighted by molar-refractivity contribution is -0.125. The van der Waals surface area contributed by atoms with Crippen molar-refractivity contribution in [2.24, 2.45) is 0 Å². The molecule has 0 saturated carbocycles. The molecule has 0 radical (unpaired) electrons. The van der Waals surface area contributed by atoms with Crippen molar-refractivity contribution in [2.45, 2.75) is 19.0 Å². The summed E-state index contributed by atoms with van der Waals surface area (Å²) in [5.41, 5.74) is -0.0844. The summed E-state index contributed by atoms with van der Waals surface area (Å²) in [5, 5.41) is 4.87. The Hall–Kier alpha value is -3.29. The molecule has 0 spiro atoms. The molecular formula is C18H17N3O5. The third-order valence-corrected chi connectivity index (χ3v) is 4.73. The van der Waals surface area contributed by atoms with Gasteiger partial charge < -0.3 is 19.4 Å². The molecule has 1 unspecified atom stereocenters. The van der Waals surface area contributed by atoms with Gasteiger partial charge in [0.2, 0.25) is 0 Å². The van der Waals surface area contributed by atoms with Gasteiger partial charge in [-0.3, -0.25) is 14.9 Å². The van der Waals surface area contributed by atoms with Gasteiger partial charge in [0, 0.05) is 12.1 Å². The van der Waals surface area contributed by atoms with E-state index in [0.29, 0.717) is 29.4 Å². The van der Waals surface area contributed by atoms with Gasteiger partial charge in [-0.2, -0.15) is 0 Å². The molecule has 8 nitrogen and oxygen atoms in total. The van der Waals surface area contributed by atoms with Crippen LogP contribution in [0.15, 0.2) is 34.7 Å². The molecule has 1 aromatic carbocycles. The molecule has 2 aliphatic rings. The first-order valence-electron chi connectivity index (χ1n) is 8.09. The number of carbonyl (C=O) groups is 3. The van der Waals surface area contributed by atoms with E-state index in [0.717, 1.165) is 5.56 Å². The zero-order valence-electron chi connectivity index (χ0n) is 14.3. The first kappa shape index (κ1) is 16.2. The zero-order chi connectivity index (χ0) is 18.5. The van der Waals surface area contributed by atoms with Crippen LogP contribution >= 0.6 is 0 Å². The average Bonchev–Trinajstić information content (AvgIpc) is 3.26. The highest BCUT2D eigenvalue weighted by molar-refractivity contribution is 6.08. The number of urea groups is 1. The van der Waals surface area contributed by atoms with Gasteiger partial charge >= 0.3 is 6.03 Å². The van der Waals surface area contributed by atoms with Crippen molar-refractivity contribution in [3.63, 3.8) is 0 Å². The van der Waals surface area contributed by atoms with E-state index in [9.17, 15) is 14.4 Å². The Morgan fingerprint density at radius 3 is 2.65 bits per heavy atom. The van der Waals surface area contributed by atoms with E-state index < -0.39 is 17.5 Å². The van der Waals surface area contributed by atoms with Gasteiger partial charge in [0.05, 0.1) is 13.7 Å². The zero-order valence-corrected chi connectivity index (χ0v) is 14.3. The normalized spacial score (nSPS) is 21.6. The molecule has 4 amide bonds. The quantitative estimate of drug-likeness (QED) is 0.805. The second kappa shape index (κ2) is 5.62. The minimum absolute atomic E-state index is 0.0344. The van der Waals surface area contributed by atoms with Crippen LogP contribution in [-0.2, 0) is 16.9 Å². The molecule has 0 aliphatic carbocycles. The highest BCUT2D eigenvalue weighted by Gasteiger charge is 2.52. The van der Waals surface area contributed by atoms with Crippen LogP contribution in [0.3, 0.4) is 0 Å². The van der Waals surface area contributed by atoms with Crippen LogP contribution in [0, 0.1) is 6.92 Å². The summed E-state index contributed by atoms with van der Waals surface area (Å²) < 4.78 is 10.8. The predicted molar refractivity (Wildman–Crippen MR) is 89.5 cm³/mol. The third kappa shape index (κ3) is 2.33. The van der Waals surface area contributed by atoms with Gasteiger partial charge in [-0.15, -0.1) is 0 Å². The molecule has 1 atom stereocenters. The highest BCUT2D eigenvalue weighted by atomic mass is 16.5. The monoisotopic (exact) mass is 355 g/mol. The average molecular weight is 355 g/mol. The van der Waals surface area contributed by atoms with Crippen molar-refractivity contribution in [3.05, 3.63) is 53.0 Å². The number of carbonyl (C=O) groups excluding carboxylic acids is 3. The summed E-state index contributed by atoms with van der Waals surface area (Å²) in [6.07, 6.45) is 0. The van der Waals surface area contributed by atoms with E-state index in [4.69, 9.17) is 9.15 Å². The van der Waals surface area contributed by atoms with Crippen LogP contribution < -0.4 is 15.4 Å². The summed E-state index contributed by atoms with van der Waals surface area (Å²) in [6.45, 7) is 2.05. The van der Waals surface area contributed by atoms with Crippen LogP contribution in [0.2, 0.25) is 0 Å². The molecule has 2 N–H and O–H groups in total. The fourth-order valence-electron chi connectivity index (χ4n) is 3.40. The number of nitrogens with zero attached hydrogens (tertiary/aromatic N) is 1. The standard InChI is InChI=1S/C18H17N3O5/c1-10-3-6-14(26-10)18(16(23)19-17(24)20-18)9-21-8-11-4-5-12(25-2)7-13(11)15(21)22/h3-7H,8-9H2,1-2H3,(H2,19,20,23,24). The number of hydrogen-bond donors (Lipinski definition) is 2. The lowest BCUT2D eigenvalue weighted by Crippen LogP contribution is -2.52. The number of aryl methyl sites for hydroxylation is 1. The van der Waals surface area contributed by atoms with E-state index in [1.807, 2.05) is 6.07 Å². The maximum Gasteiger partial charge on any atom is 0.322 e. The summed E-state index contributed by atoms with van der Waals surface area (Å²) in [4.78, 5) is 38.7. The van der Waals surface area contributed by atoms with Crippen LogP contribution in [0.25, 0.3) is 0 Å². The number of imide groups is 1. The van der Waals surface area contributed by atoms with Crippen molar-refractivity contribution < 1.29 is 23.5 Å². The van der Waals surface area contributed by atoms with Crippen molar-refractivity contribution in [1.29, 1.82) is 0 Å². The van der Waals surface area contributed by atoms with Crippen molar-refractivity contribution in [3.8, 4) is 5.75 Å². The largest absolute Gasteiger partial charge is 0.497 e. The van der Waals surface area contributed by atoms with E-state index >= 15 is 0 Å². The number of furan rings is 1. The van der Waals surface area contributed by atoms with E-state index in [1.165, 1.54) is 12.0 Å². The molecular weight excluding hydrogens is 338 g/mol. The Morgan fingerprint density at radius 2 is 2.04 bits per heavy atom. The maximum absolute atomic E-state index is 12.8. The first-order chi connectivity index (χ1) is 12.4. The van der Waals surface area contributed by atoms with E-state index in [-0.39, 0.29) is 12.5 Å². The molecule has 2 aliphatic heterocycles. The Morgan fingerprint density at radius 1 is 1.23 bits per heavy atom. The minimum atomic E-state index is -1.45. The maximum atomic E-state index is 12.8. The number of fused-ring (bicyclic) bond motifs is 1. The minimum Gasteiger partial charge on any atom is -0.497 e. The van der Waals surface area contributed by atoms with Gasteiger partial charge in [-0.1, -0.05) is 6.07 Å². The molecule has 134 valence electrons. The number of amides is 4.